The highest BCUT2D eigenvalue weighted by molar-refractivity contribution is 8.29. The number of thioether (sulfide) groups is 2. The number of anilines is 2. The highest BCUT2D eigenvalue weighted by Gasteiger charge is 2.59. The lowest BCUT2D eigenvalue weighted by atomic mass is 10.2. The first-order valence-electron chi connectivity index (χ1n) is 10.6. The van der Waals surface area contributed by atoms with Crippen LogP contribution in [-0.4, -0.2) is 28.2 Å². The Morgan fingerprint density at radius 2 is 1.53 bits per heavy atom. The van der Waals surface area contributed by atoms with Crippen molar-refractivity contribution in [3.63, 3.8) is 0 Å². The number of rotatable bonds is 5. The molecule has 34 heavy (non-hydrogen) atoms. The number of hydrogen-bond donors (Lipinski definition) is 0. The number of carbonyl (C=O) groups excluding carboxylic acids is 2. The summed E-state index contributed by atoms with van der Waals surface area (Å²) < 4.78 is 4.24. The second-order valence-corrected chi connectivity index (χ2v) is 10.3. The van der Waals surface area contributed by atoms with Crippen molar-refractivity contribution in [1.29, 1.82) is 0 Å². The first-order chi connectivity index (χ1) is 16.5. The molecule has 0 radical (unpaired) electrons. The van der Waals surface area contributed by atoms with Crippen LogP contribution in [0.4, 0.5) is 11.4 Å². The number of Topliss-reactive ketones (excluding diaryl/α,β-unsaturated/α-hetero) is 1. The Morgan fingerprint density at radius 3 is 2.12 bits per heavy atom. The van der Waals surface area contributed by atoms with E-state index in [1.165, 1.54) is 30.4 Å². The molecule has 6 nitrogen and oxygen atoms in total. The van der Waals surface area contributed by atoms with Crippen LogP contribution in [0.25, 0.3) is 6.08 Å². The van der Waals surface area contributed by atoms with E-state index >= 15 is 0 Å². The smallest absolute Gasteiger partial charge is 0.268 e. The predicted octanol–water partition coefficient (Wildman–Crippen LogP) is 5.58. The molecule has 5 rings (SSSR count). The van der Waals surface area contributed by atoms with Crippen LogP contribution in [0.15, 0.2) is 94.9 Å². The lowest BCUT2D eigenvalue weighted by molar-refractivity contribution is -0.114. The molecule has 0 aliphatic carbocycles. The van der Waals surface area contributed by atoms with Gasteiger partial charge in [0.25, 0.3) is 5.91 Å². The second-order valence-electron chi connectivity index (χ2n) is 7.62. The van der Waals surface area contributed by atoms with Gasteiger partial charge >= 0.3 is 0 Å². The zero-order valence-corrected chi connectivity index (χ0v) is 20.2. The van der Waals surface area contributed by atoms with E-state index in [0.717, 1.165) is 22.7 Å². The molecule has 1 atom stereocenters. The van der Waals surface area contributed by atoms with Crippen LogP contribution in [0.3, 0.4) is 0 Å². The highest BCUT2D eigenvalue weighted by Crippen LogP contribution is 2.59. The molecule has 2 heterocycles. The first kappa shape index (κ1) is 22.3. The summed E-state index contributed by atoms with van der Waals surface area (Å²) in [4.78, 5) is 28.6. The maximum Gasteiger partial charge on any atom is 0.268 e. The zero-order valence-electron chi connectivity index (χ0n) is 18.5. The van der Waals surface area contributed by atoms with Gasteiger partial charge in [0.05, 0.1) is 17.7 Å². The molecule has 3 aromatic rings. The molecule has 170 valence electrons. The van der Waals surface area contributed by atoms with Crippen molar-refractivity contribution in [3.05, 3.63) is 95.4 Å². The molecule has 0 N–H and O–H groups in total. The fourth-order valence-electron chi connectivity index (χ4n) is 3.75. The highest BCUT2D eigenvalue weighted by atomic mass is 32.2. The van der Waals surface area contributed by atoms with Gasteiger partial charge in [-0.3, -0.25) is 14.5 Å². The molecule has 1 amide bonds. The van der Waals surface area contributed by atoms with Crippen molar-refractivity contribution in [2.45, 2.75) is 11.3 Å². The van der Waals surface area contributed by atoms with Gasteiger partial charge < -0.3 is 4.74 Å². The van der Waals surface area contributed by atoms with E-state index in [2.05, 4.69) is 5.10 Å². The number of methoxy groups -OCH3 is 1. The minimum Gasteiger partial charge on any atom is -0.497 e. The molecule has 3 aromatic carbocycles. The lowest BCUT2D eigenvalue weighted by Gasteiger charge is -2.38. The van der Waals surface area contributed by atoms with Gasteiger partial charge in [0.15, 0.2) is 10.8 Å². The van der Waals surface area contributed by atoms with Crippen LogP contribution in [0, 0.1) is 0 Å². The zero-order chi connectivity index (χ0) is 23.7. The van der Waals surface area contributed by atoms with E-state index in [-0.39, 0.29) is 11.7 Å². The maximum atomic E-state index is 13.9. The normalized spacial score (nSPS) is 20.8. The third kappa shape index (κ3) is 3.89. The average molecular weight is 488 g/mol. The molecule has 8 heteroatoms. The second kappa shape index (κ2) is 9.04. The maximum absolute atomic E-state index is 13.9. The van der Waals surface area contributed by atoms with Crippen LogP contribution >= 0.6 is 23.5 Å². The van der Waals surface area contributed by atoms with Crippen molar-refractivity contribution >= 4 is 57.7 Å². The first-order valence-corrected chi connectivity index (χ1v) is 12.2. The number of para-hydroxylation sites is 2. The summed E-state index contributed by atoms with van der Waals surface area (Å²) in [6.07, 6.45) is 1.87. The van der Waals surface area contributed by atoms with Crippen molar-refractivity contribution in [1.82, 2.24) is 0 Å². The molecule has 1 fully saturated rings. The molecule has 1 spiro atoms. The molecule has 1 saturated heterocycles. The minimum atomic E-state index is -1.01. The molecule has 2 aliphatic rings. The summed E-state index contributed by atoms with van der Waals surface area (Å²) in [5, 5.41) is 6.81. The van der Waals surface area contributed by atoms with Crippen molar-refractivity contribution in [3.8, 4) is 5.75 Å². The van der Waals surface area contributed by atoms with E-state index < -0.39 is 4.33 Å². The summed E-state index contributed by atoms with van der Waals surface area (Å²) in [5.41, 5.74) is 2.40. The number of amides is 1. The lowest BCUT2D eigenvalue weighted by Crippen LogP contribution is -2.51. The Balaban J connectivity index is 1.65. The SMILES string of the molecule is COc1ccc(/C=C2\SC3(SC(C(C)=O)=NN3c3ccccc3)N(c3ccccc3)C2=O)cc1. The fourth-order valence-corrected chi connectivity index (χ4v) is 6.63. The van der Waals surface area contributed by atoms with Crippen molar-refractivity contribution in [2.75, 3.05) is 17.0 Å². The molecular formula is C26H21N3O3S2. The topological polar surface area (TPSA) is 62.2 Å². The third-order valence-electron chi connectivity index (χ3n) is 5.36. The Hall–Kier alpha value is -3.49. The quantitative estimate of drug-likeness (QED) is 0.438. The molecule has 0 saturated carbocycles. The van der Waals surface area contributed by atoms with Crippen LogP contribution in [0.2, 0.25) is 0 Å². The van der Waals surface area contributed by atoms with Gasteiger partial charge in [0.1, 0.15) is 5.75 Å². The van der Waals surface area contributed by atoms with Crippen LogP contribution < -0.4 is 14.6 Å². The molecule has 0 bridgehead atoms. The van der Waals surface area contributed by atoms with E-state index in [9.17, 15) is 9.59 Å². The van der Waals surface area contributed by atoms with Crippen LogP contribution in [0.5, 0.6) is 5.75 Å². The van der Waals surface area contributed by atoms with Crippen molar-refractivity contribution < 1.29 is 14.3 Å². The van der Waals surface area contributed by atoms with Gasteiger partial charge in [-0.2, -0.15) is 5.10 Å². The molecule has 2 aliphatic heterocycles. The van der Waals surface area contributed by atoms with Gasteiger partial charge in [0.2, 0.25) is 4.33 Å². The molecule has 1 unspecified atom stereocenters. The van der Waals surface area contributed by atoms with Gasteiger partial charge in [-0.15, -0.1) is 0 Å². The third-order valence-corrected chi connectivity index (χ3v) is 8.18. The summed E-state index contributed by atoms with van der Waals surface area (Å²) in [5.74, 6) is 0.452. The Morgan fingerprint density at radius 1 is 0.912 bits per heavy atom. The summed E-state index contributed by atoms with van der Waals surface area (Å²) in [6.45, 7) is 1.50. The standard InChI is InChI=1S/C26H21N3O3S2/c1-18(30)24-27-29(21-11-7-4-8-12-21)26(34-24)28(20-9-5-3-6-10-20)25(31)23(33-26)17-19-13-15-22(32-2)16-14-19/h3-17H,1-2H3/b23-17-. The van der Waals surface area contributed by atoms with Crippen LogP contribution in [0.1, 0.15) is 12.5 Å². The number of nitrogens with zero attached hydrogens (tertiary/aromatic N) is 3. The van der Waals surface area contributed by atoms with E-state index in [0.29, 0.717) is 9.95 Å². The Labute approximate surface area is 206 Å². The number of hydrogen-bond acceptors (Lipinski definition) is 7. The fraction of sp³-hybridized carbons (Fsp3) is 0.115. The number of benzene rings is 3. The number of ether oxygens (including phenoxy) is 1. The monoisotopic (exact) mass is 487 g/mol. The Bertz CT molecular complexity index is 1290. The summed E-state index contributed by atoms with van der Waals surface area (Å²) in [7, 11) is 1.62. The molecular weight excluding hydrogens is 466 g/mol. The van der Waals surface area contributed by atoms with Crippen LogP contribution in [-0.2, 0) is 9.59 Å². The summed E-state index contributed by atoms with van der Waals surface area (Å²) in [6, 6.07) is 26.6. The van der Waals surface area contributed by atoms with Crippen molar-refractivity contribution in [2.24, 2.45) is 5.10 Å². The molecule has 0 aromatic heterocycles. The minimum absolute atomic E-state index is 0.142. The number of hydrazone groups is 1. The Kier molecular flexibility index (Phi) is 5.93. The van der Waals surface area contributed by atoms with Gasteiger partial charge in [-0.25, -0.2) is 5.01 Å². The summed E-state index contributed by atoms with van der Waals surface area (Å²) >= 11 is 2.68. The van der Waals surface area contributed by atoms with E-state index in [4.69, 9.17) is 4.74 Å². The number of carbonyl (C=O) groups is 2. The van der Waals surface area contributed by atoms with Gasteiger partial charge in [0, 0.05) is 12.6 Å². The van der Waals surface area contributed by atoms with E-state index in [1.54, 1.807) is 17.0 Å². The average Bonchev–Trinajstić information content (AvgIpc) is 3.38. The largest absolute Gasteiger partial charge is 0.497 e. The van der Waals surface area contributed by atoms with E-state index in [1.807, 2.05) is 91.0 Å². The van der Waals surface area contributed by atoms with Gasteiger partial charge in [-0.1, -0.05) is 60.3 Å². The predicted molar refractivity (Wildman–Crippen MR) is 140 cm³/mol. The van der Waals surface area contributed by atoms with Gasteiger partial charge in [-0.05, 0) is 59.8 Å². The number of ketones is 1.